The highest BCUT2D eigenvalue weighted by molar-refractivity contribution is 5.41. The predicted octanol–water partition coefficient (Wildman–Crippen LogP) is 3.64. The molecule has 2 bridgehead atoms. The van der Waals surface area contributed by atoms with Crippen LogP contribution in [0.4, 0.5) is 0 Å². The van der Waals surface area contributed by atoms with Crippen LogP contribution in [0.2, 0.25) is 0 Å². The SMILES string of the molecule is CO[C@@H](C)CN1CCC2(C)c3ccccc3C[C@@H]1C2(C)C. The molecule has 0 saturated carbocycles. The Morgan fingerprint density at radius 1 is 1.29 bits per heavy atom. The molecule has 3 rings (SSSR count). The molecule has 1 saturated heterocycles. The summed E-state index contributed by atoms with van der Waals surface area (Å²) in [6.07, 6.45) is 2.72. The molecule has 0 spiro atoms. The minimum atomic E-state index is 0.291. The first-order chi connectivity index (χ1) is 9.90. The normalized spacial score (nSPS) is 32.5. The monoisotopic (exact) mass is 287 g/mol. The summed E-state index contributed by atoms with van der Waals surface area (Å²) in [5, 5.41) is 0. The van der Waals surface area contributed by atoms with E-state index in [9.17, 15) is 0 Å². The second kappa shape index (κ2) is 5.10. The van der Waals surface area contributed by atoms with Gasteiger partial charge in [0.2, 0.25) is 0 Å². The van der Waals surface area contributed by atoms with Crippen LogP contribution in [0.5, 0.6) is 0 Å². The zero-order chi connectivity index (χ0) is 15.3. The molecule has 0 N–H and O–H groups in total. The van der Waals surface area contributed by atoms with Crippen LogP contribution in [0.15, 0.2) is 24.3 Å². The molecule has 0 aromatic heterocycles. The number of nitrogens with zero attached hydrogens (tertiary/aromatic N) is 1. The molecule has 3 atom stereocenters. The van der Waals surface area contributed by atoms with Gasteiger partial charge in [-0.15, -0.1) is 0 Å². The van der Waals surface area contributed by atoms with Crippen molar-refractivity contribution in [1.29, 1.82) is 0 Å². The van der Waals surface area contributed by atoms with E-state index < -0.39 is 0 Å². The summed E-state index contributed by atoms with van der Waals surface area (Å²) in [6.45, 7) is 11.8. The number of hydrogen-bond acceptors (Lipinski definition) is 2. The van der Waals surface area contributed by atoms with Gasteiger partial charge in [0.15, 0.2) is 0 Å². The molecule has 1 aliphatic carbocycles. The molecule has 0 amide bonds. The lowest BCUT2D eigenvalue weighted by Crippen LogP contribution is -2.64. The Balaban J connectivity index is 1.99. The first-order valence-electron chi connectivity index (χ1n) is 8.25. The van der Waals surface area contributed by atoms with Gasteiger partial charge in [-0.05, 0) is 42.9 Å². The Morgan fingerprint density at radius 3 is 2.71 bits per heavy atom. The van der Waals surface area contributed by atoms with Crippen LogP contribution in [0.1, 0.15) is 45.2 Å². The molecule has 1 aliphatic heterocycles. The van der Waals surface area contributed by atoms with Crippen LogP contribution in [0, 0.1) is 5.41 Å². The van der Waals surface area contributed by atoms with Crippen molar-refractivity contribution >= 4 is 0 Å². The minimum Gasteiger partial charge on any atom is -0.380 e. The van der Waals surface area contributed by atoms with Gasteiger partial charge in [-0.1, -0.05) is 45.0 Å². The maximum absolute atomic E-state index is 5.51. The average Bonchev–Trinajstić information content (AvgIpc) is 2.46. The fourth-order valence-corrected chi connectivity index (χ4v) is 4.60. The molecule has 2 heteroatoms. The molecule has 1 heterocycles. The Morgan fingerprint density at radius 2 is 2.00 bits per heavy atom. The summed E-state index contributed by atoms with van der Waals surface area (Å²) in [6, 6.07) is 9.71. The summed E-state index contributed by atoms with van der Waals surface area (Å²) in [5.74, 6) is 0. The third-order valence-corrected chi connectivity index (χ3v) is 6.51. The van der Waals surface area contributed by atoms with E-state index in [4.69, 9.17) is 4.74 Å². The van der Waals surface area contributed by atoms with Crippen molar-refractivity contribution in [1.82, 2.24) is 4.90 Å². The van der Waals surface area contributed by atoms with Crippen molar-refractivity contribution in [2.45, 2.75) is 58.1 Å². The van der Waals surface area contributed by atoms with Gasteiger partial charge < -0.3 is 4.74 Å². The summed E-state index contributed by atoms with van der Waals surface area (Å²) >= 11 is 0. The number of rotatable bonds is 3. The van der Waals surface area contributed by atoms with Crippen molar-refractivity contribution in [2.24, 2.45) is 5.41 Å². The van der Waals surface area contributed by atoms with Crippen LogP contribution in [0.3, 0.4) is 0 Å². The van der Waals surface area contributed by atoms with Gasteiger partial charge >= 0.3 is 0 Å². The third-order valence-electron chi connectivity index (χ3n) is 6.51. The standard InChI is InChI=1S/C19H29NO/c1-14(21-5)13-20-11-10-19(4)16-9-7-6-8-15(16)12-17(20)18(19,2)3/h6-9,14,17H,10-13H2,1-5H3/t14-,17+,19?/m0/s1. The Labute approximate surface area is 129 Å². The van der Waals surface area contributed by atoms with Crippen LogP contribution < -0.4 is 0 Å². The fourth-order valence-electron chi connectivity index (χ4n) is 4.60. The average molecular weight is 287 g/mol. The highest BCUT2D eigenvalue weighted by Gasteiger charge is 2.55. The largest absolute Gasteiger partial charge is 0.380 e. The molecular weight excluding hydrogens is 258 g/mol. The molecule has 1 aromatic rings. The van der Waals surface area contributed by atoms with E-state index in [-0.39, 0.29) is 0 Å². The van der Waals surface area contributed by atoms with Crippen molar-refractivity contribution in [3.63, 3.8) is 0 Å². The topological polar surface area (TPSA) is 12.5 Å². The van der Waals surface area contributed by atoms with Crippen LogP contribution in [-0.4, -0.2) is 37.2 Å². The lowest BCUT2D eigenvalue weighted by molar-refractivity contribution is -0.0568. The quantitative estimate of drug-likeness (QED) is 0.841. The molecule has 1 fully saturated rings. The van der Waals surface area contributed by atoms with Crippen molar-refractivity contribution in [3.8, 4) is 0 Å². The van der Waals surface area contributed by atoms with Crippen molar-refractivity contribution < 1.29 is 4.74 Å². The number of piperidine rings is 1. The lowest BCUT2D eigenvalue weighted by atomic mass is 9.51. The maximum Gasteiger partial charge on any atom is 0.0670 e. The number of hydrogen-bond donors (Lipinski definition) is 0. The highest BCUT2D eigenvalue weighted by atomic mass is 16.5. The number of methoxy groups -OCH3 is 1. The molecule has 1 unspecified atom stereocenters. The van der Waals surface area contributed by atoms with E-state index in [2.05, 4.69) is 56.9 Å². The predicted molar refractivity (Wildman–Crippen MR) is 87.7 cm³/mol. The van der Waals surface area contributed by atoms with Crippen LogP contribution in [0.25, 0.3) is 0 Å². The zero-order valence-corrected chi connectivity index (χ0v) is 14.1. The smallest absolute Gasteiger partial charge is 0.0670 e. The molecule has 116 valence electrons. The van der Waals surface area contributed by atoms with Crippen molar-refractivity contribution in [2.75, 3.05) is 20.2 Å². The van der Waals surface area contributed by atoms with Gasteiger partial charge in [0.05, 0.1) is 6.10 Å². The molecule has 21 heavy (non-hydrogen) atoms. The second-order valence-corrected chi connectivity index (χ2v) is 7.72. The van der Waals surface area contributed by atoms with E-state index in [1.54, 1.807) is 11.1 Å². The number of benzene rings is 1. The van der Waals surface area contributed by atoms with Gasteiger partial charge in [0, 0.05) is 25.1 Å². The number of fused-ring (bicyclic) bond motifs is 4. The van der Waals surface area contributed by atoms with E-state index in [0.29, 0.717) is 23.0 Å². The Kier molecular flexibility index (Phi) is 3.66. The maximum atomic E-state index is 5.51. The second-order valence-electron chi connectivity index (χ2n) is 7.72. The van der Waals surface area contributed by atoms with E-state index in [1.165, 1.54) is 19.4 Å². The molecule has 2 aliphatic rings. The van der Waals surface area contributed by atoms with Crippen LogP contribution >= 0.6 is 0 Å². The van der Waals surface area contributed by atoms with Gasteiger partial charge in [0.25, 0.3) is 0 Å². The van der Waals surface area contributed by atoms with Gasteiger partial charge in [-0.3, -0.25) is 4.90 Å². The van der Waals surface area contributed by atoms with E-state index >= 15 is 0 Å². The van der Waals surface area contributed by atoms with Gasteiger partial charge in [0.1, 0.15) is 0 Å². The first kappa shape index (κ1) is 15.1. The molecule has 0 radical (unpaired) electrons. The number of ether oxygens (including phenoxy) is 1. The first-order valence-corrected chi connectivity index (χ1v) is 8.25. The highest BCUT2D eigenvalue weighted by Crippen LogP contribution is 2.55. The van der Waals surface area contributed by atoms with E-state index in [1.807, 2.05) is 7.11 Å². The summed E-state index contributed by atoms with van der Waals surface area (Å²) < 4.78 is 5.51. The van der Waals surface area contributed by atoms with Gasteiger partial charge in [-0.2, -0.15) is 0 Å². The fraction of sp³-hybridized carbons (Fsp3) is 0.684. The molecule has 2 nitrogen and oxygen atoms in total. The Hall–Kier alpha value is -0.860. The van der Waals surface area contributed by atoms with Crippen LogP contribution in [-0.2, 0) is 16.6 Å². The summed E-state index contributed by atoms with van der Waals surface area (Å²) in [7, 11) is 1.82. The molecule has 1 aromatic carbocycles. The summed E-state index contributed by atoms with van der Waals surface area (Å²) in [4.78, 5) is 2.67. The summed E-state index contributed by atoms with van der Waals surface area (Å²) in [5.41, 5.74) is 3.73. The minimum absolute atomic E-state index is 0.291. The van der Waals surface area contributed by atoms with Gasteiger partial charge in [-0.25, -0.2) is 0 Å². The van der Waals surface area contributed by atoms with E-state index in [0.717, 1.165) is 6.54 Å². The Bertz CT molecular complexity index is 524. The lowest BCUT2D eigenvalue weighted by Gasteiger charge is -2.61. The van der Waals surface area contributed by atoms with Crippen molar-refractivity contribution in [3.05, 3.63) is 35.4 Å². The zero-order valence-electron chi connectivity index (χ0n) is 14.1. The number of likely N-dealkylation sites (tertiary alicyclic amines) is 1. The molecular formula is C19H29NO. The third kappa shape index (κ3) is 2.15.